The lowest BCUT2D eigenvalue weighted by Gasteiger charge is -2.13. The molecule has 1 atom stereocenters. The highest BCUT2D eigenvalue weighted by atomic mass is 35.5. The van der Waals surface area contributed by atoms with Crippen molar-refractivity contribution in [3.8, 4) is 0 Å². The molecular formula is C17H13ClN4O3. The van der Waals surface area contributed by atoms with Gasteiger partial charge < -0.3 is 10.1 Å². The van der Waals surface area contributed by atoms with Crippen LogP contribution in [0.15, 0.2) is 48.8 Å². The smallest absolute Gasteiger partial charge is 0.359 e. The van der Waals surface area contributed by atoms with Crippen LogP contribution in [0.25, 0.3) is 11.0 Å². The summed E-state index contributed by atoms with van der Waals surface area (Å²) in [5.74, 6) is -0.940. The molecule has 8 heteroatoms. The molecule has 0 spiro atoms. The van der Waals surface area contributed by atoms with Crippen molar-refractivity contribution >= 4 is 40.3 Å². The minimum atomic E-state index is -1.03. The van der Waals surface area contributed by atoms with Gasteiger partial charge in [-0.15, -0.1) is 0 Å². The van der Waals surface area contributed by atoms with E-state index in [2.05, 4.69) is 20.3 Å². The number of pyridine rings is 1. The van der Waals surface area contributed by atoms with Gasteiger partial charge in [0.15, 0.2) is 11.8 Å². The SMILES string of the molecule is CC(OC(=O)c1cnc2ccccc2n1)C(=O)Nc1ccc(Cl)cn1. The molecule has 1 unspecified atom stereocenters. The summed E-state index contributed by atoms with van der Waals surface area (Å²) in [6.07, 6.45) is 1.69. The number of rotatable bonds is 4. The number of carbonyl (C=O) groups excluding carboxylic acids is 2. The second-order valence-corrected chi connectivity index (χ2v) is 5.58. The zero-order valence-electron chi connectivity index (χ0n) is 13.1. The average Bonchev–Trinajstić information content (AvgIpc) is 2.63. The Labute approximate surface area is 148 Å². The fourth-order valence-electron chi connectivity index (χ4n) is 2.01. The third kappa shape index (κ3) is 4.07. The van der Waals surface area contributed by atoms with Crippen LogP contribution in [0, 0.1) is 0 Å². The lowest BCUT2D eigenvalue weighted by Crippen LogP contribution is -2.30. The lowest BCUT2D eigenvalue weighted by atomic mass is 10.3. The van der Waals surface area contributed by atoms with Gasteiger partial charge in [-0.3, -0.25) is 9.78 Å². The number of anilines is 1. The van der Waals surface area contributed by atoms with E-state index in [1.165, 1.54) is 19.3 Å². The number of para-hydroxylation sites is 2. The van der Waals surface area contributed by atoms with Crippen molar-refractivity contribution in [3.63, 3.8) is 0 Å². The van der Waals surface area contributed by atoms with Gasteiger partial charge in [0.1, 0.15) is 5.82 Å². The molecule has 1 amide bonds. The summed E-state index contributed by atoms with van der Waals surface area (Å²) in [5.41, 5.74) is 1.26. The fourth-order valence-corrected chi connectivity index (χ4v) is 2.12. The molecule has 0 aliphatic heterocycles. The fraction of sp³-hybridized carbons (Fsp3) is 0.118. The normalized spacial score (nSPS) is 11.8. The Balaban J connectivity index is 1.66. The van der Waals surface area contributed by atoms with Crippen molar-refractivity contribution in [2.24, 2.45) is 0 Å². The summed E-state index contributed by atoms with van der Waals surface area (Å²) in [6, 6.07) is 10.3. The number of hydrogen-bond donors (Lipinski definition) is 1. The van der Waals surface area contributed by atoms with E-state index < -0.39 is 18.0 Å². The van der Waals surface area contributed by atoms with Gasteiger partial charge in [-0.05, 0) is 31.2 Å². The number of benzene rings is 1. The summed E-state index contributed by atoms with van der Waals surface area (Å²) in [4.78, 5) is 36.5. The number of fused-ring (bicyclic) bond motifs is 1. The van der Waals surface area contributed by atoms with Crippen LogP contribution in [0.4, 0.5) is 5.82 Å². The van der Waals surface area contributed by atoms with Gasteiger partial charge in [-0.2, -0.15) is 0 Å². The predicted octanol–water partition coefficient (Wildman–Crippen LogP) is 2.86. The van der Waals surface area contributed by atoms with Crippen molar-refractivity contribution in [3.05, 3.63) is 59.5 Å². The number of nitrogens with zero attached hydrogens (tertiary/aromatic N) is 3. The molecule has 0 radical (unpaired) electrons. The van der Waals surface area contributed by atoms with Gasteiger partial charge in [0.25, 0.3) is 5.91 Å². The molecule has 0 aliphatic carbocycles. The third-order valence-electron chi connectivity index (χ3n) is 3.29. The minimum Gasteiger partial charge on any atom is -0.448 e. The van der Waals surface area contributed by atoms with E-state index >= 15 is 0 Å². The summed E-state index contributed by atoms with van der Waals surface area (Å²) in [5, 5.41) is 2.98. The molecule has 0 saturated heterocycles. The molecule has 0 saturated carbocycles. The van der Waals surface area contributed by atoms with E-state index in [0.29, 0.717) is 21.9 Å². The molecule has 0 bridgehead atoms. The van der Waals surface area contributed by atoms with Crippen LogP contribution < -0.4 is 5.32 Å². The Hall–Kier alpha value is -3.06. The maximum absolute atomic E-state index is 12.2. The van der Waals surface area contributed by atoms with Crippen molar-refractivity contribution in [1.82, 2.24) is 15.0 Å². The minimum absolute atomic E-state index is 0.0305. The van der Waals surface area contributed by atoms with Crippen molar-refractivity contribution in [2.75, 3.05) is 5.32 Å². The summed E-state index contributed by atoms with van der Waals surface area (Å²) >= 11 is 5.73. The second kappa shape index (κ2) is 7.23. The van der Waals surface area contributed by atoms with Gasteiger partial charge in [0.2, 0.25) is 0 Å². The van der Waals surface area contributed by atoms with Crippen LogP contribution in [-0.2, 0) is 9.53 Å². The Bertz CT molecular complexity index is 931. The van der Waals surface area contributed by atoms with Crippen molar-refractivity contribution in [1.29, 1.82) is 0 Å². The maximum Gasteiger partial charge on any atom is 0.359 e. The maximum atomic E-state index is 12.2. The third-order valence-corrected chi connectivity index (χ3v) is 3.51. The Morgan fingerprint density at radius 2 is 1.84 bits per heavy atom. The van der Waals surface area contributed by atoms with E-state index in [4.69, 9.17) is 16.3 Å². The Morgan fingerprint density at radius 1 is 1.08 bits per heavy atom. The number of ether oxygens (including phenoxy) is 1. The van der Waals surface area contributed by atoms with Crippen molar-refractivity contribution in [2.45, 2.75) is 13.0 Å². The van der Waals surface area contributed by atoms with Crippen LogP contribution >= 0.6 is 11.6 Å². The molecule has 126 valence electrons. The van der Waals surface area contributed by atoms with Gasteiger partial charge in [-0.1, -0.05) is 23.7 Å². The Kier molecular flexibility index (Phi) is 4.85. The number of nitrogens with one attached hydrogen (secondary N) is 1. The first-order chi connectivity index (χ1) is 12.0. The van der Waals surface area contributed by atoms with Crippen LogP contribution in [-0.4, -0.2) is 32.9 Å². The number of hydrogen-bond acceptors (Lipinski definition) is 6. The van der Waals surface area contributed by atoms with Crippen LogP contribution in [0.2, 0.25) is 5.02 Å². The first kappa shape index (κ1) is 16.8. The van der Waals surface area contributed by atoms with Gasteiger partial charge in [0.05, 0.1) is 22.3 Å². The topological polar surface area (TPSA) is 94.1 Å². The van der Waals surface area contributed by atoms with E-state index in [0.717, 1.165) is 0 Å². The first-order valence-corrected chi connectivity index (χ1v) is 7.76. The zero-order valence-corrected chi connectivity index (χ0v) is 13.9. The largest absolute Gasteiger partial charge is 0.448 e. The standard InChI is InChI=1S/C17H13ClN4O3/c1-10(16(23)22-15-7-6-11(18)8-20-15)25-17(24)14-9-19-12-4-2-3-5-13(12)21-14/h2-10H,1H3,(H,20,22,23). The molecule has 1 N–H and O–H groups in total. The average molecular weight is 357 g/mol. The Morgan fingerprint density at radius 3 is 2.56 bits per heavy atom. The van der Waals surface area contributed by atoms with Gasteiger partial charge in [-0.25, -0.2) is 14.8 Å². The highest BCUT2D eigenvalue weighted by molar-refractivity contribution is 6.30. The lowest BCUT2D eigenvalue weighted by molar-refractivity contribution is -0.123. The predicted molar refractivity (Wildman–Crippen MR) is 92.3 cm³/mol. The van der Waals surface area contributed by atoms with E-state index in [1.807, 2.05) is 6.07 Å². The second-order valence-electron chi connectivity index (χ2n) is 5.14. The molecule has 3 aromatic rings. The van der Waals surface area contributed by atoms with E-state index in [9.17, 15) is 9.59 Å². The molecule has 2 aromatic heterocycles. The first-order valence-electron chi connectivity index (χ1n) is 7.38. The molecule has 3 rings (SSSR count). The number of esters is 1. The van der Waals surface area contributed by atoms with Crippen LogP contribution in [0.3, 0.4) is 0 Å². The molecule has 0 aliphatic rings. The summed E-state index contributed by atoms with van der Waals surface area (Å²) in [6.45, 7) is 1.46. The quantitative estimate of drug-likeness (QED) is 0.722. The van der Waals surface area contributed by atoms with Gasteiger partial charge in [0, 0.05) is 6.20 Å². The molecule has 1 aromatic carbocycles. The molecule has 25 heavy (non-hydrogen) atoms. The molecular weight excluding hydrogens is 344 g/mol. The zero-order chi connectivity index (χ0) is 17.8. The van der Waals surface area contributed by atoms with E-state index in [-0.39, 0.29) is 5.69 Å². The van der Waals surface area contributed by atoms with E-state index in [1.54, 1.807) is 30.3 Å². The summed E-state index contributed by atoms with van der Waals surface area (Å²) in [7, 11) is 0. The number of amides is 1. The molecule has 0 fully saturated rings. The summed E-state index contributed by atoms with van der Waals surface area (Å²) < 4.78 is 5.14. The monoisotopic (exact) mass is 356 g/mol. The number of carbonyl (C=O) groups is 2. The number of halogens is 1. The van der Waals surface area contributed by atoms with Gasteiger partial charge >= 0.3 is 5.97 Å². The van der Waals surface area contributed by atoms with Crippen LogP contribution in [0.5, 0.6) is 0 Å². The number of aromatic nitrogens is 3. The highest BCUT2D eigenvalue weighted by Crippen LogP contribution is 2.12. The van der Waals surface area contributed by atoms with Crippen molar-refractivity contribution < 1.29 is 14.3 Å². The highest BCUT2D eigenvalue weighted by Gasteiger charge is 2.20. The molecule has 2 heterocycles. The molecule has 7 nitrogen and oxygen atoms in total. The van der Waals surface area contributed by atoms with Crippen LogP contribution in [0.1, 0.15) is 17.4 Å².